The molecule has 110 valence electrons. The van der Waals surface area contributed by atoms with Gasteiger partial charge < -0.3 is 10.2 Å². The molecule has 1 amide bonds. The molecule has 1 aliphatic heterocycles. The molecule has 0 bridgehead atoms. The van der Waals surface area contributed by atoms with Crippen molar-refractivity contribution in [3.8, 4) is 0 Å². The van der Waals surface area contributed by atoms with E-state index in [1.54, 1.807) is 0 Å². The Labute approximate surface area is 122 Å². The van der Waals surface area contributed by atoms with Gasteiger partial charge in [-0.05, 0) is 45.1 Å². The first-order chi connectivity index (χ1) is 9.65. The number of amides is 1. The molecule has 1 atom stereocenters. The van der Waals surface area contributed by atoms with Crippen LogP contribution in [0.1, 0.15) is 37.3 Å². The van der Waals surface area contributed by atoms with Crippen molar-refractivity contribution >= 4 is 5.91 Å². The Bertz CT molecular complexity index is 438. The zero-order chi connectivity index (χ0) is 14.4. The molecular weight excluding hydrogens is 248 g/mol. The van der Waals surface area contributed by atoms with Crippen molar-refractivity contribution in [2.45, 2.75) is 45.6 Å². The van der Waals surface area contributed by atoms with E-state index in [1.165, 1.54) is 11.1 Å². The van der Waals surface area contributed by atoms with Crippen molar-refractivity contribution in [3.63, 3.8) is 0 Å². The number of carbonyl (C=O) groups excluding carboxylic acids is 1. The van der Waals surface area contributed by atoms with Crippen LogP contribution in [0.3, 0.4) is 0 Å². The maximum Gasteiger partial charge on any atom is 0.236 e. The van der Waals surface area contributed by atoms with Crippen molar-refractivity contribution in [2.24, 2.45) is 0 Å². The van der Waals surface area contributed by atoms with E-state index in [0.717, 1.165) is 38.8 Å². The van der Waals surface area contributed by atoms with Gasteiger partial charge in [-0.3, -0.25) is 4.79 Å². The third-order valence-electron chi connectivity index (χ3n) is 4.01. The van der Waals surface area contributed by atoms with Gasteiger partial charge in [0.2, 0.25) is 5.91 Å². The molecule has 1 heterocycles. The highest BCUT2D eigenvalue weighted by atomic mass is 16.2. The van der Waals surface area contributed by atoms with E-state index in [9.17, 15) is 4.79 Å². The second kappa shape index (κ2) is 7.44. The van der Waals surface area contributed by atoms with E-state index >= 15 is 0 Å². The van der Waals surface area contributed by atoms with Crippen molar-refractivity contribution in [1.29, 1.82) is 0 Å². The highest BCUT2D eigenvalue weighted by Crippen LogP contribution is 2.09. The quantitative estimate of drug-likeness (QED) is 0.864. The Morgan fingerprint density at radius 1 is 1.35 bits per heavy atom. The lowest BCUT2D eigenvalue weighted by Gasteiger charge is -2.18. The standard InChI is InChI=1S/C17H26N2O/c1-14-6-5-7-16(12-14)9-8-15(2)18-13-17(20)19-10-3-4-11-19/h5-7,12,15,18H,3-4,8-11,13H2,1-2H3. The Hall–Kier alpha value is -1.35. The van der Waals surface area contributed by atoms with Crippen LogP contribution in [0, 0.1) is 6.92 Å². The van der Waals surface area contributed by atoms with E-state index in [1.807, 2.05) is 4.90 Å². The number of likely N-dealkylation sites (tertiary alicyclic amines) is 1. The zero-order valence-electron chi connectivity index (χ0n) is 12.7. The number of nitrogens with one attached hydrogen (secondary N) is 1. The third-order valence-corrected chi connectivity index (χ3v) is 4.01. The van der Waals surface area contributed by atoms with E-state index in [-0.39, 0.29) is 5.91 Å². The number of nitrogens with zero attached hydrogens (tertiary/aromatic N) is 1. The van der Waals surface area contributed by atoms with Crippen molar-refractivity contribution in [2.75, 3.05) is 19.6 Å². The minimum Gasteiger partial charge on any atom is -0.342 e. The molecule has 2 rings (SSSR count). The van der Waals surface area contributed by atoms with Crippen LogP contribution >= 0.6 is 0 Å². The monoisotopic (exact) mass is 274 g/mol. The maximum absolute atomic E-state index is 11.9. The molecule has 1 aromatic rings. The van der Waals surface area contributed by atoms with Crippen LogP contribution in [-0.4, -0.2) is 36.5 Å². The summed E-state index contributed by atoms with van der Waals surface area (Å²) in [6.07, 6.45) is 4.45. The number of aryl methyl sites for hydroxylation is 2. The summed E-state index contributed by atoms with van der Waals surface area (Å²) in [6.45, 7) is 6.65. The van der Waals surface area contributed by atoms with Gasteiger partial charge in [0, 0.05) is 19.1 Å². The van der Waals surface area contributed by atoms with Gasteiger partial charge in [-0.2, -0.15) is 0 Å². The molecule has 1 N–H and O–H groups in total. The largest absolute Gasteiger partial charge is 0.342 e. The van der Waals surface area contributed by atoms with Crippen molar-refractivity contribution < 1.29 is 4.79 Å². The van der Waals surface area contributed by atoms with Crippen molar-refractivity contribution in [1.82, 2.24) is 10.2 Å². The second-order valence-corrected chi connectivity index (χ2v) is 5.90. The van der Waals surface area contributed by atoms with Gasteiger partial charge >= 0.3 is 0 Å². The molecule has 1 aromatic carbocycles. The molecule has 0 aromatic heterocycles. The van der Waals surface area contributed by atoms with Crippen LogP contribution in [0.4, 0.5) is 0 Å². The summed E-state index contributed by atoms with van der Waals surface area (Å²) in [6, 6.07) is 9.03. The molecule has 1 fully saturated rings. The first-order valence-electron chi connectivity index (χ1n) is 7.72. The minimum absolute atomic E-state index is 0.255. The van der Waals surface area contributed by atoms with Crippen LogP contribution in [0.15, 0.2) is 24.3 Å². The lowest BCUT2D eigenvalue weighted by molar-refractivity contribution is -0.129. The minimum atomic E-state index is 0.255. The number of hydrogen-bond acceptors (Lipinski definition) is 2. The average Bonchev–Trinajstić information content (AvgIpc) is 2.97. The van der Waals surface area contributed by atoms with E-state index in [2.05, 4.69) is 43.4 Å². The molecule has 1 unspecified atom stereocenters. The van der Waals surface area contributed by atoms with Crippen LogP contribution in [0.2, 0.25) is 0 Å². The Morgan fingerprint density at radius 2 is 2.10 bits per heavy atom. The molecule has 3 heteroatoms. The summed E-state index contributed by atoms with van der Waals surface area (Å²) in [7, 11) is 0. The maximum atomic E-state index is 11.9. The van der Waals surface area contributed by atoms with E-state index in [4.69, 9.17) is 0 Å². The molecule has 0 aliphatic carbocycles. The first-order valence-corrected chi connectivity index (χ1v) is 7.72. The van der Waals surface area contributed by atoms with Gasteiger partial charge in [-0.15, -0.1) is 0 Å². The van der Waals surface area contributed by atoms with Gasteiger partial charge in [0.05, 0.1) is 6.54 Å². The van der Waals surface area contributed by atoms with Gasteiger partial charge in [0.15, 0.2) is 0 Å². The Kier molecular flexibility index (Phi) is 5.60. The van der Waals surface area contributed by atoms with Crippen LogP contribution in [0.5, 0.6) is 0 Å². The third kappa shape index (κ3) is 4.64. The molecular formula is C17H26N2O. The lowest BCUT2D eigenvalue weighted by atomic mass is 10.0. The highest BCUT2D eigenvalue weighted by molar-refractivity contribution is 5.78. The smallest absolute Gasteiger partial charge is 0.236 e. The van der Waals surface area contributed by atoms with E-state index in [0.29, 0.717) is 12.6 Å². The number of rotatable bonds is 6. The van der Waals surface area contributed by atoms with Crippen LogP contribution in [0.25, 0.3) is 0 Å². The van der Waals surface area contributed by atoms with Crippen LogP contribution < -0.4 is 5.32 Å². The highest BCUT2D eigenvalue weighted by Gasteiger charge is 2.17. The molecule has 3 nitrogen and oxygen atoms in total. The molecule has 0 radical (unpaired) electrons. The molecule has 20 heavy (non-hydrogen) atoms. The summed E-state index contributed by atoms with van der Waals surface area (Å²) in [5, 5.41) is 3.35. The van der Waals surface area contributed by atoms with Crippen molar-refractivity contribution in [3.05, 3.63) is 35.4 Å². The van der Waals surface area contributed by atoms with E-state index < -0.39 is 0 Å². The zero-order valence-corrected chi connectivity index (χ0v) is 12.7. The summed E-state index contributed by atoms with van der Waals surface area (Å²) in [5.41, 5.74) is 2.69. The lowest BCUT2D eigenvalue weighted by Crippen LogP contribution is -2.39. The fourth-order valence-electron chi connectivity index (χ4n) is 2.69. The Morgan fingerprint density at radius 3 is 2.80 bits per heavy atom. The van der Waals surface area contributed by atoms with Gasteiger partial charge in [0.25, 0.3) is 0 Å². The second-order valence-electron chi connectivity index (χ2n) is 5.90. The van der Waals surface area contributed by atoms with Crippen LogP contribution in [-0.2, 0) is 11.2 Å². The topological polar surface area (TPSA) is 32.3 Å². The Balaban J connectivity index is 1.67. The number of hydrogen-bond donors (Lipinski definition) is 1. The molecule has 1 aliphatic rings. The average molecular weight is 274 g/mol. The summed E-state index contributed by atoms with van der Waals surface area (Å²) in [5.74, 6) is 0.255. The summed E-state index contributed by atoms with van der Waals surface area (Å²) >= 11 is 0. The predicted molar refractivity (Wildman–Crippen MR) is 82.8 cm³/mol. The predicted octanol–water partition coefficient (Wildman–Crippen LogP) is 2.53. The van der Waals surface area contributed by atoms with Gasteiger partial charge in [-0.1, -0.05) is 29.8 Å². The fraction of sp³-hybridized carbons (Fsp3) is 0.588. The first kappa shape index (κ1) is 15.0. The van der Waals surface area contributed by atoms with Gasteiger partial charge in [-0.25, -0.2) is 0 Å². The molecule has 1 saturated heterocycles. The fourth-order valence-corrected chi connectivity index (χ4v) is 2.69. The SMILES string of the molecule is Cc1cccc(CCC(C)NCC(=O)N2CCCC2)c1. The normalized spacial score (nSPS) is 16.4. The summed E-state index contributed by atoms with van der Waals surface area (Å²) in [4.78, 5) is 13.9. The molecule has 0 saturated carbocycles. The van der Waals surface area contributed by atoms with Gasteiger partial charge in [0.1, 0.15) is 0 Å². The molecule has 0 spiro atoms. The number of carbonyl (C=O) groups is 1. The number of benzene rings is 1. The summed E-state index contributed by atoms with van der Waals surface area (Å²) < 4.78 is 0.